The Balaban J connectivity index is 3.13. The summed E-state index contributed by atoms with van der Waals surface area (Å²) < 4.78 is 24.1. The molecule has 0 aliphatic rings. The van der Waals surface area contributed by atoms with E-state index in [1.165, 1.54) is 0 Å². The number of hydrogen-bond donors (Lipinski definition) is 0. The van der Waals surface area contributed by atoms with Gasteiger partial charge in [-0.05, 0) is 17.7 Å². The van der Waals surface area contributed by atoms with Crippen LogP contribution < -0.4 is 0 Å². The van der Waals surface area contributed by atoms with Crippen LogP contribution in [0.1, 0.15) is 22.5 Å². The molecule has 0 saturated carbocycles. The molecule has 1 aromatic heterocycles. The first kappa shape index (κ1) is 10.3. The molecule has 1 heterocycles. The Kier molecular flexibility index (Phi) is 3.17. The van der Waals surface area contributed by atoms with Gasteiger partial charge in [0, 0.05) is 6.20 Å². The number of halogens is 4. The molecule has 0 fully saturated rings. The molecule has 0 radical (unpaired) electrons. The zero-order chi connectivity index (χ0) is 10.0. The van der Waals surface area contributed by atoms with E-state index in [4.69, 9.17) is 23.2 Å². The quantitative estimate of drug-likeness (QED) is 0.725. The lowest BCUT2D eigenvalue weighted by Gasteiger charge is -2.01. The average Bonchev–Trinajstić information content (AvgIpc) is 2.03. The van der Waals surface area contributed by atoms with E-state index in [2.05, 4.69) is 4.98 Å². The van der Waals surface area contributed by atoms with Crippen LogP contribution in [0.3, 0.4) is 0 Å². The van der Waals surface area contributed by atoms with Crippen molar-refractivity contribution in [2.24, 2.45) is 0 Å². The van der Waals surface area contributed by atoms with Crippen LogP contribution >= 0.6 is 23.2 Å². The van der Waals surface area contributed by atoms with Crippen molar-refractivity contribution in [2.45, 2.75) is 6.43 Å². The van der Waals surface area contributed by atoms with Crippen LogP contribution in [0, 0.1) is 0 Å². The minimum atomic E-state index is -2.71. The summed E-state index contributed by atoms with van der Waals surface area (Å²) in [6.07, 6.45) is -1.78. The second-order valence-corrected chi connectivity index (χ2v) is 2.91. The van der Waals surface area contributed by atoms with Gasteiger partial charge in [-0.25, -0.2) is 8.78 Å². The minimum absolute atomic E-state index is 0.0762. The highest BCUT2D eigenvalue weighted by Crippen LogP contribution is 2.23. The van der Waals surface area contributed by atoms with Gasteiger partial charge in [0.15, 0.2) is 0 Å². The second-order valence-electron chi connectivity index (χ2n) is 2.16. The number of nitrogens with zero attached hydrogens (tertiary/aromatic N) is 1. The zero-order valence-corrected chi connectivity index (χ0v) is 7.61. The van der Waals surface area contributed by atoms with Crippen molar-refractivity contribution in [1.82, 2.24) is 4.98 Å². The van der Waals surface area contributed by atoms with Crippen molar-refractivity contribution in [3.8, 4) is 0 Å². The first-order chi connectivity index (χ1) is 6.02. The molecule has 70 valence electrons. The molecule has 0 saturated heterocycles. The third kappa shape index (κ3) is 2.35. The van der Waals surface area contributed by atoms with Gasteiger partial charge >= 0.3 is 0 Å². The smallest absolute Gasteiger partial charge is 0.275 e. The molecular weight excluding hydrogens is 223 g/mol. The van der Waals surface area contributed by atoms with Crippen molar-refractivity contribution in [2.75, 3.05) is 0 Å². The van der Waals surface area contributed by atoms with Crippen LogP contribution in [0.2, 0.25) is 5.02 Å². The first-order valence-electron chi connectivity index (χ1n) is 3.16. The summed E-state index contributed by atoms with van der Waals surface area (Å²) in [5.41, 5.74) is -0.556. The number of hydrogen-bond acceptors (Lipinski definition) is 2. The number of alkyl halides is 2. The van der Waals surface area contributed by atoms with E-state index < -0.39 is 17.4 Å². The Bertz CT molecular complexity index is 343. The Morgan fingerprint density at radius 1 is 1.54 bits per heavy atom. The third-order valence-electron chi connectivity index (χ3n) is 1.31. The number of pyridine rings is 1. The van der Waals surface area contributed by atoms with Crippen molar-refractivity contribution < 1.29 is 13.6 Å². The van der Waals surface area contributed by atoms with Crippen LogP contribution in [0.25, 0.3) is 0 Å². The molecule has 0 spiro atoms. The van der Waals surface area contributed by atoms with E-state index in [0.717, 1.165) is 12.3 Å². The lowest BCUT2D eigenvalue weighted by molar-refractivity contribution is 0.108. The summed E-state index contributed by atoms with van der Waals surface area (Å²) in [4.78, 5) is 13.9. The van der Waals surface area contributed by atoms with Gasteiger partial charge in [0.05, 0.1) is 10.6 Å². The largest absolute Gasteiger partial charge is 0.280 e. The molecule has 1 rings (SSSR count). The van der Waals surface area contributed by atoms with E-state index in [-0.39, 0.29) is 10.6 Å². The average molecular weight is 226 g/mol. The lowest BCUT2D eigenvalue weighted by Crippen LogP contribution is -1.96. The highest BCUT2D eigenvalue weighted by molar-refractivity contribution is 6.68. The van der Waals surface area contributed by atoms with Gasteiger partial charge < -0.3 is 0 Å². The highest BCUT2D eigenvalue weighted by atomic mass is 35.5. The van der Waals surface area contributed by atoms with Gasteiger partial charge in [-0.3, -0.25) is 9.78 Å². The number of rotatable bonds is 2. The summed E-state index contributed by atoms with van der Waals surface area (Å²) in [6.45, 7) is 0. The molecule has 0 N–H and O–H groups in total. The van der Waals surface area contributed by atoms with Gasteiger partial charge in [-0.2, -0.15) is 0 Å². The number of carbonyl (C=O) groups is 1. The Labute approximate surface area is 82.5 Å². The van der Waals surface area contributed by atoms with E-state index in [9.17, 15) is 13.6 Å². The molecule has 6 heteroatoms. The van der Waals surface area contributed by atoms with Crippen molar-refractivity contribution in [3.63, 3.8) is 0 Å². The van der Waals surface area contributed by atoms with Gasteiger partial charge in [-0.15, -0.1) is 0 Å². The summed E-state index contributed by atoms with van der Waals surface area (Å²) in [5, 5.41) is -0.941. The highest BCUT2D eigenvalue weighted by Gasteiger charge is 2.13. The Hall–Kier alpha value is -0.740. The van der Waals surface area contributed by atoms with Gasteiger partial charge in [0.25, 0.3) is 11.7 Å². The predicted molar refractivity (Wildman–Crippen MR) is 44.4 cm³/mol. The molecule has 13 heavy (non-hydrogen) atoms. The molecular formula is C7H3Cl2F2NO. The van der Waals surface area contributed by atoms with Crippen molar-refractivity contribution >= 4 is 28.4 Å². The summed E-state index contributed by atoms with van der Waals surface area (Å²) in [5.74, 6) is 0. The van der Waals surface area contributed by atoms with Gasteiger partial charge in [-0.1, -0.05) is 11.6 Å². The Morgan fingerprint density at radius 3 is 2.54 bits per heavy atom. The van der Waals surface area contributed by atoms with E-state index in [0.29, 0.717) is 0 Å². The van der Waals surface area contributed by atoms with Crippen LogP contribution in [0.15, 0.2) is 12.3 Å². The van der Waals surface area contributed by atoms with Crippen LogP contribution in [-0.4, -0.2) is 10.2 Å². The maximum atomic E-state index is 12.0. The molecule has 0 amide bonds. The van der Waals surface area contributed by atoms with E-state index >= 15 is 0 Å². The maximum Gasteiger partial charge on any atom is 0.280 e. The number of aromatic nitrogens is 1. The van der Waals surface area contributed by atoms with Gasteiger partial charge in [0.1, 0.15) is 5.69 Å². The Morgan fingerprint density at radius 2 is 2.15 bits per heavy atom. The monoisotopic (exact) mass is 225 g/mol. The fourth-order valence-corrected chi connectivity index (χ4v) is 1.15. The summed E-state index contributed by atoms with van der Waals surface area (Å²) in [7, 11) is 0. The zero-order valence-electron chi connectivity index (χ0n) is 6.10. The fourth-order valence-electron chi connectivity index (χ4n) is 0.710. The van der Waals surface area contributed by atoms with Crippen LogP contribution in [-0.2, 0) is 0 Å². The molecule has 0 aromatic carbocycles. The lowest BCUT2D eigenvalue weighted by atomic mass is 10.2. The van der Waals surface area contributed by atoms with Crippen molar-refractivity contribution in [3.05, 3.63) is 28.5 Å². The third-order valence-corrected chi connectivity index (χ3v) is 1.83. The molecule has 0 aliphatic heterocycles. The van der Waals surface area contributed by atoms with Crippen LogP contribution in [0.4, 0.5) is 8.78 Å². The SMILES string of the molecule is O=C(Cl)c1cnc(C(F)F)cc1Cl. The predicted octanol–water partition coefficient (Wildman–Crippen LogP) is 3.05. The second kappa shape index (κ2) is 3.98. The molecule has 1 aromatic rings. The summed E-state index contributed by atoms with van der Waals surface area (Å²) in [6, 6.07) is 0.918. The van der Waals surface area contributed by atoms with Crippen molar-refractivity contribution in [1.29, 1.82) is 0 Å². The van der Waals surface area contributed by atoms with Gasteiger partial charge in [0.2, 0.25) is 0 Å². The molecule has 0 aliphatic carbocycles. The maximum absolute atomic E-state index is 12.0. The summed E-state index contributed by atoms with van der Waals surface area (Å²) >= 11 is 10.6. The standard InChI is InChI=1S/C7H3Cl2F2NO/c8-4-1-5(7(10)11)12-2-3(4)6(9)13/h1-2,7H. The molecule has 0 atom stereocenters. The van der Waals surface area contributed by atoms with E-state index in [1.54, 1.807) is 0 Å². The minimum Gasteiger partial charge on any atom is -0.275 e. The molecule has 0 unspecified atom stereocenters. The molecule has 0 bridgehead atoms. The molecule has 2 nitrogen and oxygen atoms in total. The van der Waals surface area contributed by atoms with Crippen LogP contribution in [0.5, 0.6) is 0 Å². The fraction of sp³-hybridized carbons (Fsp3) is 0.143. The topological polar surface area (TPSA) is 30.0 Å². The number of carbonyl (C=O) groups excluding carboxylic acids is 1. The normalized spacial score (nSPS) is 10.5. The van der Waals surface area contributed by atoms with E-state index in [1.807, 2.05) is 0 Å². The first-order valence-corrected chi connectivity index (χ1v) is 3.91.